The monoisotopic (exact) mass is 340 g/mol. The maximum Gasteiger partial charge on any atom is 0.309 e. The van der Waals surface area contributed by atoms with Gasteiger partial charge in [0.2, 0.25) is 0 Å². The van der Waals surface area contributed by atoms with Crippen LogP contribution in [0, 0.1) is 35.5 Å². The van der Waals surface area contributed by atoms with Gasteiger partial charge in [0.05, 0.1) is 18.1 Å². The van der Waals surface area contributed by atoms with E-state index in [1.807, 2.05) is 73.7 Å². The van der Waals surface area contributed by atoms with E-state index in [0.717, 1.165) is 23.1 Å². The van der Waals surface area contributed by atoms with Crippen molar-refractivity contribution in [1.29, 1.82) is 0 Å². The first kappa shape index (κ1) is 17.6. The average Bonchev–Trinajstić information content (AvgIpc) is 3.45. The van der Waals surface area contributed by atoms with Gasteiger partial charge in [0.25, 0.3) is 0 Å². The molecule has 0 aromatic heterocycles. The second-order valence-electron chi connectivity index (χ2n) is 6.07. The highest BCUT2D eigenvalue weighted by molar-refractivity contribution is 5.76. The third-order valence-electron chi connectivity index (χ3n) is 4.04. The zero-order chi connectivity index (χ0) is 18.2. The molecule has 3 rings (SSSR count). The van der Waals surface area contributed by atoms with Gasteiger partial charge < -0.3 is 4.74 Å². The summed E-state index contributed by atoms with van der Waals surface area (Å²) >= 11 is 0. The first-order valence-corrected chi connectivity index (χ1v) is 8.79. The Bertz CT molecular complexity index is 843. The molecule has 0 spiro atoms. The van der Waals surface area contributed by atoms with E-state index in [1.54, 1.807) is 0 Å². The number of benzene rings is 2. The molecule has 0 bridgehead atoms. The molecular weight excluding hydrogens is 320 g/mol. The van der Waals surface area contributed by atoms with E-state index in [9.17, 15) is 4.79 Å². The lowest BCUT2D eigenvalue weighted by molar-refractivity contribution is -0.144. The minimum Gasteiger partial charge on any atom is -0.466 e. The van der Waals surface area contributed by atoms with E-state index in [2.05, 4.69) is 23.7 Å². The fourth-order valence-corrected chi connectivity index (χ4v) is 2.57. The third kappa shape index (κ3) is 5.13. The quantitative estimate of drug-likeness (QED) is 0.618. The number of carbonyl (C=O) groups excluding carboxylic acids is 1. The Morgan fingerprint density at radius 3 is 2.04 bits per heavy atom. The number of allylic oxidation sites excluding steroid dienone is 2. The van der Waals surface area contributed by atoms with Crippen molar-refractivity contribution in [3.8, 4) is 23.7 Å². The van der Waals surface area contributed by atoms with Gasteiger partial charge in [-0.25, -0.2) is 0 Å². The Labute approximate surface area is 154 Å². The van der Waals surface area contributed by atoms with Crippen molar-refractivity contribution in [1.82, 2.24) is 0 Å². The zero-order valence-electron chi connectivity index (χ0n) is 14.7. The molecule has 2 aromatic carbocycles. The fourth-order valence-electron chi connectivity index (χ4n) is 2.57. The first-order chi connectivity index (χ1) is 12.8. The highest BCUT2D eigenvalue weighted by Crippen LogP contribution is 2.41. The van der Waals surface area contributed by atoms with Crippen LogP contribution in [-0.2, 0) is 9.53 Å². The smallest absolute Gasteiger partial charge is 0.309 e. The molecule has 0 N–H and O–H groups in total. The summed E-state index contributed by atoms with van der Waals surface area (Å²) in [4.78, 5) is 11.8. The molecule has 0 saturated heterocycles. The van der Waals surface area contributed by atoms with Crippen LogP contribution < -0.4 is 0 Å². The lowest BCUT2D eigenvalue weighted by Crippen LogP contribution is -2.07. The van der Waals surface area contributed by atoms with Crippen LogP contribution in [0.3, 0.4) is 0 Å². The predicted octanol–water partition coefficient (Wildman–Crippen LogP) is 4.22. The largest absolute Gasteiger partial charge is 0.466 e. The van der Waals surface area contributed by atoms with Gasteiger partial charge in [-0.05, 0) is 43.5 Å². The summed E-state index contributed by atoms with van der Waals surface area (Å²) in [6, 6.07) is 19.6. The van der Waals surface area contributed by atoms with Gasteiger partial charge in [-0.15, -0.1) is 0 Å². The number of esters is 1. The molecule has 0 aliphatic heterocycles. The van der Waals surface area contributed by atoms with E-state index in [-0.39, 0.29) is 17.8 Å². The predicted molar refractivity (Wildman–Crippen MR) is 103 cm³/mol. The molecule has 1 aliphatic rings. The number of carbonyl (C=O) groups is 1. The maximum atomic E-state index is 11.8. The second-order valence-corrected chi connectivity index (χ2v) is 6.07. The minimum atomic E-state index is -0.125. The molecule has 128 valence electrons. The molecule has 1 fully saturated rings. The van der Waals surface area contributed by atoms with Gasteiger partial charge in [0, 0.05) is 11.1 Å². The molecule has 2 aromatic rings. The van der Waals surface area contributed by atoms with Gasteiger partial charge in [-0.2, -0.15) is 0 Å². The summed E-state index contributed by atoms with van der Waals surface area (Å²) in [7, 11) is 0. The van der Waals surface area contributed by atoms with E-state index >= 15 is 0 Å². The Morgan fingerprint density at radius 1 is 1.00 bits per heavy atom. The highest BCUT2D eigenvalue weighted by Gasteiger charge is 2.42. The van der Waals surface area contributed by atoms with Crippen LogP contribution in [0.1, 0.15) is 24.5 Å². The van der Waals surface area contributed by atoms with Crippen molar-refractivity contribution in [2.45, 2.75) is 13.3 Å². The molecule has 0 radical (unpaired) electrons. The number of rotatable bonds is 3. The van der Waals surface area contributed by atoms with E-state index in [1.165, 1.54) is 0 Å². The van der Waals surface area contributed by atoms with Crippen LogP contribution in [0.4, 0.5) is 0 Å². The highest BCUT2D eigenvalue weighted by atomic mass is 16.5. The van der Waals surface area contributed by atoms with Crippen molar-refractivity contribution < 1.29 is 9.53 Å². The van der Waals surface area contributed by atoms with Crippen molar-refractivity contribution in [2.24, 2.45) is 11.8 Å². The van der Waals surface area contributed by atoms with Crippen LogP contribution in [-0.4, -0.2) is 12.6 Å². The summed E-state index contributed by atoms with van der Waals surface area (Å²) in [6.45, 7) is 2.24. The molecule has 2 heteroatoms. The summed E-state index contributed by atoms with van der Waals surface area (Å²) in [6.07, 6.45) is 2.82. The number of ether oxygens (including phenoxy) is 1. The Kier molecular flexibility index (Phi) is 5.92. The van der Waals surface area contributed by atoms with Crippen LogP contribution in [0.5, 0.6) is 0 Å². The normalized spacial score (nSPS) is 17.0. The van der Waals surface area contributed by atoms with Crippen LogP contribution in [0.2, 0.25) is 0 Å². The summed E-state index contributed by atoms with van der Waals surface area (Å²) in [5.74, 6) is 12.6. The summed E-state index contributed by atoms with van der Waals surface area (Å²) < 4.78 is 5.10. The first-order valence-electron chi connectivity index (χ1n) is 8.79. The van der Waals surface area contributed by atoms with Gasteiger partial charge in [0.15, 0.2) is 0 Å². The number of hydrogen-bond acceptors (Lipinski definition) is 2. The van der Waals surface area contributed by atoms with Crippen LogP contribution in [0.25, 0.3) is 0 Å². The van der Waals surface area contributed by atoms with Gasteiger partial charge in [-0.3, -0.25) is 4.79 Å². The van der Waals surface area contributed by atoms with Crippen LogP contribution in [0.15, 0.2) is 72.3 Å². The molecule has 2 unspecified atom stereocenters. The molecule has 1 aliphatic carbocycles. The van der Waals surface area contributed by atoms with Gasteiger partial charge in [0.1, 0.15) is 0 Å². The molecule has 2 nitrogen and oxygen atoms in total. The molecule has 26 heavy (non-hydrogen) atoms. The Hall–Kier alpha value is -3.23. The van der Waals surface area contributed by atoms with Crippen molar-refractivity contribution in [2.75, 3.05) is 6.61 Å². The second kappa shape index (κ2) is 8.75. The van der Waals surface area contributed by atoms with Gasteiger partial charge >= 0.3 is 5.97 Å². The number of hydrogen-bond donors (Lipinski definition) is 0. The molecule has 0 amide bonds. The fraction of sp³-hybridized carbons (Fsp3) is 0.208. The van der Waals surface area contributed by atoms with Crippen molar-refractivity contribution >= 4 is 5.97 Å². The summed E-state index contributed by atoms with van der Waals surface area (Å²) in [5.41, 5.74) is 2.63. The lowest BCUT2D eigenvalue weighted by Gasteiger charge is -1.98. The Balaban J connectivity index is 1.81. The van der Waals surface area contributed by atoms with E-state index < -0.39 is 0 Å². The molecule has 2 atom stereocenters. The van der Waals surface area contributed by atoms with Crippen LogP contribution >= 0.6 is 0 Å². The minimum absolute atomic E-state index is 0.0537. The van der Waals surface area contributed by atoms with E-state index in [4.69, 9.17) is 4.74 Å². The standard InChI is InChI=1S/C24H20O2/c1-2-26-24(25)23-18-22(23)17-21(15-13-19-9-5-3-6-10-19)16-14-20-11-7-4-8-12-20/h3-12,17,22-23H,2,18H2,1H3. The zero-order valence-corrected chi connectivity index (χ0v) is 14.7. The molecular formula is C24H20O2. The lowest BCUT2D eigenvalue weighted by atomic mass is 10.1. The topological polar surface area (TPSA) is 26.3 Å². The van der Waals surface area contributed by atoms with Gasteiger partial charge in [-0.1, -0.05) is 66.2 Å². The van der Waals surface area contributed by atoms with E-state index in [0.29, 0.717) is 6.61 Å². The average molecular weight is 340 g/mol. The SMILES string of the molecule is CCOC(=O)C1CC1C=C(C#Cc1ccccc1)C#Cc1ccccc1. The molecule has 1 saturated carbocycles. The maximum absolute atomic E-state index is 11.8. The van der Waals surface area contributed by atoms with Crippen molar-refractivity contribution in [3.05, 3.63) is 83.4 Å². The summed E-state index contributed by atoms with van der Waals surface area (Å²) in [5, 5.41) is 0. The Morgan fingerprint density at radius 2 is 1.54 bits per heavy atom. The third-order valence-corrected chi connectivity index (χ3v) is 4.04. The van der Waals surface area contributed by atoms with Crippen molar-refractivity contribution in [3.63, 3.8) is 0 Å². The molecule has 0 heterocycles.